The second kappa shape index (κ2) is 6.57. The van der Waals surface area contributed by atoms with Crippen molar-refractivity contribution in [2.75, 3.05) is 23.9 Å². The van der Waals surface area contributed by atoms with Crippen LogP contribution in [0.3, 0.4) is 0 Å². The maximum atomic E-state index is 12.2. The topological polar surface area (TPSA) is 64.6 Å². The lowest BCUT2D eigenvalue weighted by molar-refractivity contribution is 0.159. The number of urea groups is 1. The Balaban J connectivity index is 2.01. The fourth-order valence-corrected chi connectivity index (χ4v) is 2.51. The fraction of sp³-hybridized carbons (Fsp3) is 0.588. The molecule has 1 aromatic carbocycles. The third-order valence-corrected chi connectivity index (χ3v) is 4.49. The Labute approximate surface area is 132 Å². The normalized spacial score (nSPS) is 17.0. The van der Waals surface area contributed by atoms with Gasteiger partial charge in [-0.2, -0.15) is 0 Å². The number of amides is 2. The zero-order valence-corrected chi connectivity index (χ0v) is 13.9. The average molecular weight is 305 g/mol. The van der Waals surface area contributed by atoms with Crippen LogP contribution >= 0.6 is 0 Å². The van der Waals surface area contributed by atoms with Crippen LogP contribution < -0.4 is 15.5 Å². The van der Waals surface area contributed by atoms with E-state index in [0.29, 0.717) is 12.0 Å². The highest BCUT2D eigenvalue weighted by atomic mass is 16.3. The molecule has 122 valence electrons. The quantitative estimate of drug-likeness (QED) is 0.757. The molecule has 1 aromatic rings. The lowest BCUT2D eigenvalue weighted by Gasteiger charge is -2.29. The second-order valence-corrected chi connectivity index (χ2v) is 6.68. The molecule has 22 heavy (non-hydrogen) atoms. The van der Waals surface area contributed by atoms with Gasteiger partial charge < -0.3 is 20.6 Å². The van der Waals surface area contributed by atoms with Crippen LogP contribution in [0.1, 0.15) is 33.6 Å². The second-order valence-electron chi connectivity index (χ2n) is 6.68. The third kappa shape index (κ3) is 3.91. The highest BCUT2D eigenvalue weighted by molar-refractivity contribution is 5.90. The monoisotopic (exact) mass is 305 g/mol. The van der Waals surface area contributed by atoms with E-state index < -0.39 is 5.54 Å². The van der Waals surface area contributed by atoms with E-state index in [1.807, 2.05) is 38.2 Å². The van der Waals surface area contributed by atoms with Crippen molar-refractivity contribution < 1.29 is 9.90 Å². The van der Waals surface area contributed by atoms with E-state index in [1.54, 1.807) is 0 Å². The molecule has 3 N–H and O–H groups in total. The first kappa shape index (κ1) is 16.6. The van der Waals surface area contributed by atoms with Crippen LogP contribution in [0.4, 0.5) is 16.2 Å². The predicted molar refractivity (Wildman–Crippen MR) is 90.4 cm³/mol. The molecule has 1 aliphatic carbocycles. The third-order valence-electron chi connectivity index (χ3n) is 4.49. The molecule has 0 bridgehead atoms. The Morgan fingerprint density at radius 2 is 2.14 bits per heavy atom. The first-order valence-electron chi connectivity index (χ1n) is 7.88. The van der Waals surface area contributed by atoms with Crippen molar-refractivity contribution in [2.45, 2.75) is 45.2 Å². The van der Waals surface area contributed by atoms with Gasteiger partial charge in [-0.15, -0.1) is 0 Å². The number of hydrogen-bond acceptors (Lipinski definition) is 3. The molecule has 0 heterocycles. The number of aliphatic hydroxyl groups is 1. The summed E-state index contributed by atoms with van der Waals surface area (Å²) < 4.78 is 0. The Bertz CT molecular complexity index is 528. The van der Waals surface area contributed by atoms with Gasteiger partial charge in [0.1, 0.15) is 0 Å². The van der Waals surface area contributed by atoms with E-state index in [4.69, 9.17) is 0 Å². The van der Waals surface area contributed by atoms with E-state index in [2.05, 4.69) is 29.4 Å². The van der Waals surface area contributed by atoms with E-state index >= 15 is 0 Å². The Morgan fingerprint density at radius 3 is 2.68 bits per heavy atom. The number of aliphatic hydroxyl groups excluding tert-OH is 1. The summed E-state index contributed by atoms with van der Waals surface area (Å²) in [7, 11) is 2.03. The lowest BCUT2D eigenvalue weighted by atomic mass is 9.97. The Hall–Kier alpha value is -1.75. The Kier molecular flexibility index (Phi) is 4.96. The van der Waals surface area contributed by atoms with Gasteiger partial charge in [0.05, 0.1) is 12.1 Å². The summed E-state index contributed by atoms with van der Waals surface area (Å²) in [5.74, 6) is 0.377. The summed E-state index contributed by atoms with van der Waals surface area (Å²) in [6, 6.07) is 7.88. The summed E-state index contributed by atoms with van der Waals surface area (Å²) in [4.78, 5) is 14.3. The van der Waals surface area contributed by atoms with Crippen LogP contribution in [0.5, 0.6) is 0 Å². The standard InChI is InChI=1S/C17H27N3O2/c1-12(2)20(4)15-7-5-6-14(10-15)18-16(22)19-17(3,11-21)13-8-9-13/h5-7,10,12-13,21H,8-9,11H2,1-4H3,(H2,18,19,22). The summed E-state index contributed by atoms with van der Waals surface area (Å²) >= 11 is 0. The molecule has 0 radical (unpaired) electrons. The van der Waals surface area contributed by atoms with E-state index in [1.165, 1.54) is 0 Å². The average Bonchev–Trinajstić information content (AvgIpc) is 3.31. The number of rotatable bonds is 6. The molecule has 1 fully saturated rings. The van der Waals surface area contributed by atoms with Crippen LogP contribution in [0, 0.1) is 5.92 Å². The fourth-order valence-electron chi connectivity index (χ4n) is 2.51. The van der Waals surface area contributed by atoms with Gasteiger partial charge in [-0.25, -0.2) is 4.79 Å². The minimum Gasteiger partial charge on any atom is -0.394 e. The van der Waals surface area contributed by atoms with Gasteiger partial charge in [0.25, 0.3) is 0 Å². The predicted octanol–water partition coefficient (Wildman–Crippen LogP) is 2.81. The maximum Gasteiger partial charge on any atom is 0.319 e. The van der Waals surface area contributed by atoms with Gasteiger partial charge in [-0.1, -0.05) is 6.07 Å². The first-order chi connectivity index (χ1) is 10.4. The molecule has 2 amide bonds. The number of benzene rings is 1. The molecule has 0 aliphatic heterocycles. The van der Waals surface area contributed by atoms with Crippen molar-refractivity contribution in [1.82, 2.24) is 5.32 Å². The minimum atomic E-state index is -0.531. The summed E-state index contributed by atoms with van der Waals surface area (Å²) in [5, 5.41) is 15.3. The number of nitrogens with one attached hydrogen (secondary N) is 2. The number of carbonyl (C=O) groups excluding carboxylic acids is 1. The van der Waals surface area contributed by atoms with Crippen molar-refractivity contribution in [3.8, 4) is 0 Å². The number of hydrogen-bond donors (Lipinski definition) is 3. The van der Waals surface area contributed by atoms with Crippen LogP contribution in [0.2, 0.25) is 0 Å². The zero-order valence-electron chi connectivity index (χ0n) is 13.9. The molecular formula is C17H27N3O2. The van der Waals surface area contributed by atoms with Crippen molar-refractivity contribution in [3.63, 3.8) is 0 Å². The molecule has 1 atom stereocenters. The van der Waals surface area contributed by atoms with Crippen LogP contribution in [0.15, 0.2) is 24.3 Å². The largest absolute Gasteiger partial charge is 0.394 e. The van der Waals surface area contributed by atoms with Gasteiger partial charge in [0, 0.05) is 24.5 Å². The maximum absolute atomic E-state index is 12.2. The highest BCUT2D eigenvalue weighted by Crippen LogP contribution is 2.39. The molecule has 0 aromatic heterocycles. The van der Waals surface area contributed by atoms with Crippen LogP contribution in [-0.4, -0.2) is 36.4 Å². The first-order valence-corrected chi connectivity index (χ1v) is 7.88. The summed E-state index contributed by atoms with van der Waals surface area (Å²) in [5.41, 5.74) is 1.27. The van der Waals surface area contributed by atoms with Crippen molar-refractivity contribution in [1.29, 1.82) is 0 Å². The molecule has 5 nitrogen and oxygen atoms in total. The number of carbonyl (C=O) groups is 1. The molecule has 2 rings (SSSR count). The van der Waals surface area contributed by atoms with Gasteiger partial charge in [-0.3, -0.25) is 0 Å². The molecular weight excluding hydrogens is 278 g/mol. The molecule has 1 aliphatic rings. The smallest absolute Gasteiger partial charge is 0.319 e. The van der Waals surface area contributed by atoms with Gasteiger partial charge in [0.2, 0.25) is 0 Å². The van der Waals surface area contributed by atoms with E-state index in [9.17, 15) is 9.90 Å². The van der Waals surface area contributed by atoms with Crippen LogP contribution in [-0.2, 0) is 0 Å². The number of nitrogens with zero attached hydrogens (tertiary/aromatic N) is 1. The van der Waals surface area contributed by atoms with Gasteiger partial charge >= 0.3 is 6.03 Å². The zero-order chi connectivity index (χ0) is 16.3. The van der Waals surface area contributed by atoms with Crippen molar-refractivity contribution in [2.24, 2.45) is 5.92 Å². The SMILES string of the molecule is CC(C)N(C)c1cccc(NC(=O)NC(C)(CO)C2CC2)c1. The molecule has 1 unspecified atom stereocenters. The molecule has 1 saturated carbocycles. The minimum absolute atomic E-state index is 0.0405. The Morgan fingerprint density at radius 1 is 1.45 bits per heavy atom. The number of anilines is 2. The van der Waals surface area contributed by atoms with Crippen molar-refractivity contribution >= 4 is 17.4 Å². The van der Waals surface area contributed by atoms with Crippen molar-refractivity contribution in [3.05, 3.63) is 24.3 Å². The highest BCUT2D eigenvalue weighted by Gasteiger charge is 2.42. The molecule has 5 heteroatoms. The summed E-state index contributed by atoms with van der Waals surface area (Å²) in [6.07, 6.45) is 2.12. The van der Waals surface area contributed by atoms with Gasteiger partial charge in [0.15, 0.2) is 0 Å². The van der Waals surface area contributed by atoms with Gasteiger partial charge in [-0.05, 0) is 57.7 Å². The van der Waals surface area contributed by atoms with Crippen LogP contribution in [0.25, 0.3) is 0 Å². The lowest BCUT2D eigenvalue weighted by Crippen LogP contribution is -2.52. The van der Waals surface area contributed by atoms with E-state index in [0.717, 1.165) is 24.2 Å². The molecule has 0 spiro atoms. The molecule has 0 saturated heterocycles. The van der Waals surface area contributed by atoms with E-state index in [-0.39, 0.29) is 12.6 Å². The summed E-state index contributed by atoms with van der Waals surface area (Å²) in [6.45, 7) is 6.10.